The molecule has 1 aromatic carbocycles. The van der Waals surface area contributed by atoms with Crippen molar-refractivity contribution in [2.75, 3.05) is 26.7 Å². The zero-order chi connectivity index (χ0) is 11.5. The summed E-state index contributed by atoms with van der Waals surface area (Å²) in [7, 11) is 2.07. The van der Waals surface area contributed by atoms with E-state index in [0.717, 1.165) is 34.7 Å². The lowest BCUT2D eigenvalue weighted by Gasteiger charge is -2.14. The van der Waals surface area contributed by atoms with Crippen LogP contribution in [-0.2, 0) is 0 Å². The monoisotopic (exact) mass is 282 g/mol. The zero-order valence-electron chi connectivity index (χ0n) is 9.53. The largest absolute Gasteiger partial charge is 0.493 e. The summed E-state index contributed by atoms with van der Waals surface area (Å²) in [6, 6.07) is 6.10. The fraction of sp³-hybridized carbons (Fsp3) is 0.417. The summed E-state index contributed by atoms with van der Waals surface area (Å²) < 4.78 is 6.46. The van der Waals surface area contributed by atoms with Crippen molar-refractivity contribution in [2.24, 2.45) is 4.99 Å². The van der Waals surface area contributed by atoms with Gasteiger partial charge in [0.25, 0.3) is 0 Å². The summed E-state index contributed by atoms with van der Waals surface area (Å²) in [5.74, 6) is 1.94. The quantitative estimate of drug-likeness (QED) is 0.851. The molecule has 86 valence electrons. The van der Waals surface area contributed by atoms with Crippen LogP contribution >= 0.6 is 15.9 Å². The minimum atomic E-state index is 0.679. The number of amidine groups is 1. The Balaban J connectivity index is 2.27. The van der Waals surface area contributed by atoms with E-state index < -0.39 is 0 Å². The van der Waals surface area contributed by atoms with Crippen molar-refractivity contribution in [2.45, 2.75) is 6.92 Å². The van der Waals surface area contributed by atoms with Crippen molar-refractivity contribution in [3.05, 3.63) is 28.2 Å². The first kappa shape index (κ1) is 11.5. The van der Waals surface area contributed by atoms with Gasteiger partial charge in [-0.15, -0.1) is 0 Å². The Morgan fingerprint density at radius 1 is 1.50 bits per heavy atom. The van der Waals surface area contributed by atoms with Crippen LogP contribution in [0.4, 0.5) is 0 Å². The molecule has 2 rings (SSSR count). The highest BCUT2D eigenvalue weighted by Crippen LogP contribution is 2.27. The summed E-state index contributed by atoms with van der Waals surface area (Å²) in [6.45, 7) is 4.55. The molecule has 1 aromatic rings. The van der Waals surface area contributed by atoms with Gasteiger partial charge in [0, 0.05) is 19.2 Å². The summed E-state index contributed by atoms with van der Waals surface area (Å²) in [4.78, 5) is 6.65. The number of halogens is 1. The van der Waals surface area contributed by atoms with E-state index in [1.807, 2.05) is 13.0 Å². The number of hydrogen-bond donors (Lipinski definition) is 0. The molecular formula is C12H15BrN2O. The molecule has 0 fully saturated rings. The van der Waals surface area contributed by atoms with Crippen molar-refractivity contribution in [3.63, 3.8) is 0 Å². The standard InChI is InChI=1S/C12H15BrN2O/c1-3-16-11-5-4-9(8-10(11)13)12-14-6-7-15(12)2/h4-5,8H,3,6-7H2,1-2H3. The highest BCUT2D eigenvalue weighted by atomic mass is 79.9. The topological polar surface area (TPSA) is 24.8 Å². The number of nitrogens with zero attached hydrogens (tertiary/aromatic N) is 2. The predicted octanol–water partition coefficient (Wildman–Crippen LogP) is 2.54. The van der Waals surface area contributed by atoms with Gasteiger partial charge in [-0.05, 0) is 41.1 Å². The Bertz CT molecular complexity index is 417. The lowest BCUT2D eigenvalue weighted by atomic mass is 10.2. The number of hydrogen-bond acceptors (Lipinski definition) is 3. The molecule has 0 radical (unpaired) electrons. The minimum absolute atomic E-state index is 0.679. The molecule has 1 aliphatic rings. The second-order valence-corrected chi connectivity index (χ2v) is 4.56. The molecule has 0 unspecified atom stereocenters. The average Bonchev–Trinajstić information content (AvgIpc) is 2.68. The van der Waals surface area contributed by atoms with Crippen LogP contribution in [0.5, 0.6) is 5.75 Å². The molecule has 3 nitrogen and oxygen atoms in total. The SMILES string of the molecule is CCOc1ccc(C2=NCCN2C)cc1Br. The molecule has 1 heterocycles. The Morgan fingerprint density at radius 3 is 2.88 bits per heavy atom. The smallest absolute Gasteiger partial charge is 0.133 e. The first-order valence-corrected chi connectivity index (χ1v) is 6.20. The van der Waals surface area contributed by atoms with Gasteiger partial charge in [0.15, 0.2) is 0 Å². The van der Waals surface area contributed by atoms with Crippen molar-refractivity contribution < 1.29 is 4.74 Å². The molecular weight excluding hydrogens is 268 g/mol. The third-order valence-corrected chi connectivity index (χ3v) is 3.17. The molecule has 0 saturated heterocycles. The van der Waals surface area contributed by atoms with Crippen molar-refractivity contribution >= 4 is 21.8 Å². The summed E-state index contributed by atoms with van der Waals surface area (Å²) in [6.07, 6.45) is 0. The average molecular weight is 283 g/mol. The van der Waals surface area contributed by atoms with E-state index in [4.69, 9.17) is 4.74 Å². The van der Waals surface area contributed by atoms with Gasteiger partial charge in [-0.25, -0.2) is 0 Å². The summed E-state index contributed by atoms with van der Waals surface area (Å²) >= 11 is 3.52. The van der Waals surface area contributed by atoms with Gasteiger partial charge in [-0.1, -0.05) is 0 Å². The molecule has 0 saturated carbocycles. The van der Waals surface area contributed by atoms with E-state index in [0.29, 0.717) is 6.61 Å². The van der Waals surface area contributed by atoms with Crippen molar-refractivity contribution in [3.8, 4) is 5.75 Å². The van der Waals surface area contributed by atoms with E-state index in [1.54, 1.807) is 0 Å². The normalized spacial score (nSPS) is 15.2. The maximum absolute atomic E-state index is 5.48. The molecule has 4 heteroatoms. The molecule has 0 aliphatic carbocycles. The van der Waals surface area contributed by atoms with Crippen molar-refractivity contribution in [1.29, 1.82) is 0 Å². The maximum Gasteiger partial charge on any atom is 0.133 e. The number of benzene rings is 1. The Kier molecular flexibility index (Phi) is 3.49. The lowest BCUT2D eigenvalue weighted by Crippen LogP contribution is -2.23. The van der Waals surface area contributed by atoms with Crippen molar-refractivity contribution in [1.82, 2.24) is 4.90 Å². The Hall–Kier alpha value is -1.03. The Morgan fingerprint density at radius 2 is 2.31 bits per heavy atom. The predicted molar refractivity (Wildman–Crippen MR) is 69.3 cm³/mol. The number of ether oxygens (including phenoxy) is 1. The van der Waals surface area contributed by atoms with Gasteiger partial charge in [-0.3, -0.25) is 4.99 Å². The maximum atomic E-state index is 5.48. The van der Waals surface area contributed by atoms with Gasteiger partial charge in [0.2, 0.25) is 0 Å². The summed E-state index contributed by atoms with van der Waals surface area (Å²) in [5, 5.41) is 0. The van der Waals surface area contributed by atoms with E-state index >= 15 is 0 Å². The second-order valence-electron chi connectivity index (χ2n) is 3.71. The number of aliphatic imine (C=N–C) groups is 1. The fourth-order valence-electron chi connectivity index (χ4n) is 1.76. The van der Waals surface area contributed by atoms with E-state index in [2.05, 4.69) is 45.0 Å². The van der Waals surface area contributed by atoms with E-state index in [1.165, 1.54) is 0 Å². The fourth-order valence-corrected chi connectivity index (χ4v) is 2.25. The Labute approximate surface area is 104 Å². The zero-order valence-corrected chi connectivity index (χ0v) is 11.1. The third kappa shape index (κ3) is 2.21. The molecule has 1 aliphatic heterocycles. The van der Waals surface area contributed by atoms with E-state index in [-0.39, 0.29) is 0 Å². The minimum Gasteiger partial charge on any atom is -0.493 e. The molecule has 16 heavy (non-hydrogen) atoms. The number of rotatable bonds is 3. The third-order valence-electron chi connectivity index (χ3n) is 2.55. The number of likely N-dealkylation sites (N-methyl/N-ethyl adjacent to an activating group) is 1. The molecule has 0 N–H and O–H groups in total. The lowest BCUT2D eigenvalue weighted by molar-refractivity contribution is 0.338. The van der Waals surface area contributed by atoms with Gasteiger partial charge in [-0.2, -0.15) is 0 Å². The van der Waals surface area contributed by atoms with Gasteiger partial charge in [0.05, 0.1) is 17.6 Å². The molecule has 0 amide bonds. The van der Waals surface area contributed by atoms with Crippen LogP contribution in [0, 0.1) is 0 Å². The summed E-state index contributed by atoms with van der Waals surface area (Å²) in [5.41, 5.74) is 1.13. The molecule has 0 spiro atoms. The highest BCUT2D eigenvalue weighted by molar-refractivity contribution is 9.10. The van der Waals surface area contributed by atoms with E-state index in [9.17, 15) is 0 Å². The van der Waals surface area contributed by atoms with Crippen LogP contribution in [-0.4, -0.2) is 37.5 Å². The van der Waals surface area contributed by atoms with Crippen LogP contribution in [0.3, 0.4) is 0 Å². The van der Waals surface area contributed by atoms with Crippen LogP contribution in [0.15, 0.2) is 27.7 Å². The molecule has 0 atom stereocenters. The van der Waals surface area contributed by atoms with Crippen LogP contribution in [0.25, 0.3) is 0 Å². The van der Waals surface area contributed by atoms with Gasteiger partial charge < -0.3 is 9.64 Å². The molecule has 0 bridgehead atoms. The second kappa shape index (κ2) is 4.87. The van der Waals surface area contributed by atoms with Crippen LogP contribution in [0.1, 0.15) is 12.5 Å². The van der Waals surface area contributed by atoms with Crippen LogP contribution < -0.4 is 4.74 Å². The first-order chi connectivity index (χ1) is 7.72. The first-order valence-electron chi connectivity index (χ1n) is 5.40. The van der Waals surface area contributed by atoms with Gasteiger partial charge >= 0.3 is 0 Å². The van der Waals surface area contributed by atoms with Gasteiger partial charge in [0.1, 0.15) is 11.6 Å². The van der Waals surface area contributed by atoms with Crippen LogP contribution in [0.2, 0.25) is 0 Å². The molecule has 0 aromatic heterocycles. The highest BCUT2D eigenvalue weighted by Gasteiger charge is 2.15.